The van der Waals surface area contributed by atoms with Gasteiger partial charge in [0, 0.05) is 0 Å². The second kappa shape index (κ2) is 7.75. The van der Waals surface area contributed by atoms with Gasteiger partial charge in [0.2, 0.25) is 6.08 Å². The second-order valence-electron chi connectivity index (χ2n) is 3.89. The average molecular weight is 294 g/mol. The highest BCUT2D eigenvalue weighted by Gasteiger charge is 1.96. The first-order valence-corrected chi connectivity index (χ1v) is 6.35. The number of aliphatic imine (C=N–C) groups is 1. The number of hydrogen-bond donors (Lipinski definition) is 0. The van der Waals surface area contributed by atoms with Crippen LogP contribution in [0, 0.1) is 13.8 Å². The third kappa shape index (κ3) is 5.27. The minimum atomic E-state index is 0.378. The van der Waals surface area contributed by atoms with Gasteiger partial charge in [-0.15, -0.1) is 0 Å². The van der Waals surface area contributed by atoms with Crippen LogP contribution < -0.4 is 0 Å². The lowest BCUT2D eigenvalue weighted by Crippen LogP contribution is -1.74. The van der Waals surface area contributed by atoms with Crippen molar-refractivity contribution >= 4 is 35.0 Å². The molecule has 0 aromatic heterocycles. The number of benzene rings is 2. The van der Waals surface area contributed by atoms with Gasteiger partial charge in [-0.25, -0.2) is 4.79 Å². The van der Waals surface area contributed by atoms with Crippen molar-refractivity contribution in [3.8, 4) is 0 Å². The Balaban J connectivity index is 0.000000200. The van der Waals surface area contributed by atoms with Crippen molar-refractivity contribution in [3.05, 3.63) is 63.6 Å². The molecule has 0 fully saturated rings. The molecule has 0 aliphatic heterocycles. The molecular weight excluding hydrogens is 281 g/mol. The predicted molar refractivity (Wildman–Crippen MR) is 80.2 cm³/mol. The van der Waals surface area contributed by atoms with Gasteiger partial charge in [-0.3, -0.25) is 0 Å². The van der Waals surface area contributed by atoms with E-state index in [9.17, 15) is 4.79 Å². The van der Waals surface area contributed by atoms with Gasteiger partial charge in [0.1, 0.15) is 0 Å². The van der Waals surface area contributed by atoms with E-state index in [2.05, 4.69) is 43.1 Å². The van der Waals surface area contributed by atoms with E-state index >= 15 is 0 Å². The van der Waals surface area contributed by atoms with Crippen LogP contribution in [-0.2, 0) is 4.79 Å². The fourth-order valence-corrected chi connectivity index (χ4v) is 1.56. The monoisotopic (exact) mass is 293 g/mol. The quantitative estimate of drug-likeness (QED) is 0.520. The van der Waals surface area contributed by atoms with Crippen molar-refractivity contribution in [2.24, 2.45) is 4.99 Å². The topological polar surface area (TPSA) is 29.4 Å². The molecule has 0 aliphatic rings. The summed E-state index contributed by atoms with van der Waals surface area (Å²) in [6.07, 6.45) is 1.40. The number of carbonyl (C=O) groups excluding carboxylic acids is 1. The lowest BCUT2D eigenvalue weighted by atomic mass is 10.1. The van der Waals surface area contributed by atoms with Crippen LogP contribution in [0.15, 0.2) is 47.5 Å². The van der Waals surface area contributed by atoms with Crippen molar-refractivity contribution in [1.29, 1.82) is 0 Å². The summed E-state index contributed by atoms with van der Waals surface area (Å²) >= 11 is 11.2. The molecule has 98 valence electrons. The molecule has 0 atom stereocenters. The predicted octanol–water partition coefficient (Wildman–Crippen LogP) is 5.26. The van der Waals surface area contributed by atoms with E-state index < -0.39 is 0 Å². The molecule has 0 heterocycles. The largest absolute Gasteiger partial charge is 0.240 e. The van der Waals surface area contributed by atoms with Crippen LogP contribution in [0.25, 0.3) is 0 Å². The third-order valence-corrected chi connectivity index (χ3v) is 3.24. The maximum Gasteiger partial charge on any atom is 0.240 e. The van der Waals surface area contributed by atoms with E-state index in [1.165, 1.54) is 23.3 Å². The van der Waals surface area contributed by atoms with Crippen LogP contribution >= 0.6 is 23.2 Å². The van der Waals surface area contributed by atoms with Gasteiger partial charge >= 0.3 is 0 Å². The normalized spacial score (nSPS) is 9.05. The van der Waals surface area contributed by atoms with Crippen molar-refractivity contribution in [1.82, 2.24) is 0 Å². The summed E-state index contributed by atoms with van der Waals surface area (Å²) in [7, 11) is 0. The Morgan fingerprint density at radius 2 is 1.53 bits per heavy atom. The zero-order chi connectivity index (χ0) is 14.3. The van der Waals surface area contributed by atoms with E-state index in [-0.39, 0.29) is 0 Å². The van der Waals surface area contributed by atoms with Crippen LogP contribution in [0.1, 0.15) is 11.1 Å². The number of halogens is 2. The summed E-state index contributed by atoms with van der Waals surface area (Å²) in [5.74, 6) is 0. The summed E-state index contributed by atoms with van der Waals surface area (Å²) in [6.45, 7) is 4.24. The first-order valence-electron chi connectivity index (χ1n) is 5.59. The molecule has 4 heteroatoms. The number of rotatable bonds is 1. The maximum atomic E-state index is 9.80. The molecule has 0 saturated heterocycles. The van der Waals surface area contributed by atoms with Crippen molar-refractivity contribution in [3.63, 3.8) is 0 Å². The van der Waals surface area contributed by atoms with E-state index in [0.717, 1.165) is 0 Å². The van der Waals surface area contributed by atoms with Gasteiger partial charge in [-0.2, -0.15) is 4.99 Å². The molecule has 19 heavy (non-hydrogen) atoms. The van der Waals surface area contributed by atoms with Gasteiger partial charge in [-0.05, 0) is 43.2 Å². The van der Waals surface area contributed by atoms with Gasteiger partial charge in [0.15, 0.2) is 0 Å². The van der Waals surface area contributed by atoms with Gasteiger partial charge in [0.25, 0.3) is 0 Å². The minimum Gasteiger partial charge on any atom is -0.211 e. The Labute approximate surface area is 122 Å². The molecule has 0 spiro atoms. The summed E-state index contributed by atoms with van der Waals surface area (Å²) < 4.78 is 0. The summed E-state index contributed by atoms with van der Waals surface area (Å²) in [5, 5.41) is 0.819. The van der Waals surface area contributed by atoms with Crippen LogP contribution in [-0.4, -0.2) is 6.08 Å². The molecule has 2 aromatic carbocycles. The Hall–Kier alpha value is -1.60. The number of hydrogen-bond acceptors (Lipinski definition) is 2. The van der Waals surface area contributed by atoms with Crippen molar-refractivity contribution in [2.45, 2.75) is 13.8 Å². The highest BCUT2D eigenvalue weighted by molar-refractivity contribution is 6.42. The molecule has 0 N–H and O–H groups in total. The van der Waals surface area contributed by atoms with E-state index in [1.54, 1.807) is 12.1 Å². The highest BCUT2D eigenvalue weighted by Crippen LogP contribution is 2.25. The van der Waals surface area contributed by atoms with E-state index in [4.69, 9.17) is 23.2 Å². The SMILES string of the molecule is Cc1ccccc1C.O=C=Nc1ccc(Cl)c(Cl)c1. The average Bonchev–Trinajstić information content (AvgIpc) is 2.39. The van der Waals surface area contributed by atoms with E-state index in [0.29, 0.717) is 15.7 Å². The first kappa shape index (κ1) is 15.5. The Morgan fingerprint density at radius 3 is 1.95 bits per heavy atom. The maximum absolute atomic E-state index is 9.80. The fraction of sp³-hybridized carbons (Fsp3) is 0.133. The van der Waals surface area contributed by atoms with Crippen molar-refractivity contribution < 1.29 is 4.79 Å². The fourth-order valence-electron chi connectivity index (χ4n) is 1.27. The number of nitrogens with zero attached hydrogens (tertiary/aromatic N) is 1. The Morgan fingerprint density at radius 1 is 0.947 bits per heavy atom. The molecule has 0 radical (unpaired) electrons. The lowest BCUT2D eigenvalue weighted by Gasteiger charge is -1.93. The highest BCUT2D eigenvalue weighted by atomic mass is 35.5. The summed E-state index contributed by atoms with van der Waals surface area (Å²) in [6, 6.07) is 13.0. The molecule has 2 rings (SSSR count). The van der Waals surface area contributed by atoms with Crippen molar-refractivity contribution in [2.75, 3.05) is 0 Å². The standard InChI is InChI=1S/C8H10.C7H3Cl2NO/c1-7-5-3-4-6-8(7)2;8-6-2-1-5(10-4-11)3-7(6)9/h3-6H,1-2H3;1-3H. The smallest absolute Gasteiger partial charge is 0.211 e. The number of aryl methyl sites for hydroxylation is 2. The van der Waals surface area contributed by atoms with Crippen LogP contribution in [0.2, 0.25) is 10.0 Å². The molecule has 0 saturated carbocycles. The summed E-state index contributed by atoms with van der Waals surface area (Å²) in [5.41, 5.74) is 3.19. The van der Waals surface area contributed by atoms with Gasteiger partial charge in [-0.1, -0.05) is 47.5 Å². The summed E-state index contributed by atoms with van der Waals surface area (Å²) in [4.78, 5) is 13.2. The molecule has 0 aliphatic carbocycles. The van der Waals surface area contributed by atoms with Crippen LogP contribution in [0.4, 0.5) is 5.69 Å². The van der Waals surface area contributed by atoms with Crippen LogP contribution in [0.3, 0.4) is 0 Å². The molecule has 0 bridgehead atoms. The third-order valence-electron chi connectivity index (χ3n) is 2.50. The zero-order valence-corrected chi connectivity index (χ0v) is 12.2. The second-order valence-corrected chi connectivity index (χ2v) is 4.70. The first-order chi connectivity index (χ1) is 9.04. The molecule has 0 amide bonds. The van der Waals surface area contributed by atoms with E-state index in [1.807, 2.05) is 0 Å². The Bertz CT molecular complexity index is 584. The van der Waals surface area contributed by atoms with Crippen LogP contribution in [0.5, 0.6) is 0 Å². The molecular formula is C15H13Cl2NO. The minimum absolute atomic E-state index is 0.378. The molecule has 2 aromatic rings. The molecule has 2 nitrogen and oxygen atoms in total. The lowest BCUT2D eigenvalue weighted by molar-refractivity contribution is 0.565. The van der Waals surface area contributed by atoms with Gasteiger partial charge in [0.05, 0.1) is 15.7 Å². The number of isocyanates is 1. The zero-order valence-electron chi connectivity index (χ0n) is 10.7. The molecule has 0 unspecified atom stereocenters. The Kier molecular flexibility index (Phi) is 6.31. The van der Waals surface area contributed by atoms with Gasteiger partial charge < -0.3 is 0 Å².